The number of nitrogens with one attached hydrogen (secondary N) is 2. The third-order valence-corrected chi connectivity index (χ3v) is 17.7. The van der Waals surface area contributed by atoms with Crippen LogP contribution in [0, 0.1) is 16.6 Å². The molecule has 7 fully saturated rings. The number of carbonyl (C=O) groups excluding carboxylic acids is 3. The highest BCUT2D eigenvalue weighted by molar-refractivity contribution is 6.06. The molecule has 1 aliphatic carbocycles. The first-order valence-electron chi connectivity index (χ1n) is 26.2. The standard InChI is InChI=1S/C55H63FN10O5/c1-2-33-4-3-5-34-23-40(67)24-42(46(33)34)48-47(56)49-43(25-57-48)50(64-27-36-6-7-37(28-64)58-36)61-53(60-49)71-32-55(14-15-55)29-62-18-12-38(13-19-62)65-30-54(31-65)16-20-63(21-17-54)39-8-9-41-35(22-39)26-66(52(41)70)44-10-11-45(68)59-51(44)69/h3-5,8-9,22-25,36-38,44,58,67H,2,6-7,10-21,26-32H2,1H3,(H,59,68,69). The largest absolute Gasteiger partial charge is 0.508 e. The van der Waals surface area contributed by atoms with Crippen LogP contribution < -0.4 is 25.2 Å². The number of anilines is 2. The molecular formula is C55H63FN10O5. The van der Waals surface area contributed by atoms with Crippen LogP contribution in [-0.4, -0.2) is 142 Å². The van der Waals surface area contributed by atoms with E-state index >= 15 is 4.39 Å². The number of amides is 3. The van der Waals surface area contributed by atoms with Crippen LogP contribution in [0.5, 0.6) is 11.8 Å². The number of rotatable bonds is 11. The molecule has 3 aromatic carbocycles. The third kappa shape index (κ3) is 8.13. The lowest BCUT2D eigenvalue weighted by molar-refractivity contribution is -0.136. The summed E-state index contributed by atoms with van der Waals surface area (Å²) in [6.07, 6.45) is 12.1. The summed E-state index contributed by atoms with van der Waals surface area (Å²) in [5.41, 5.74) is 5.10. The number of piperazine rings is 1. The van der Waals surface area contributed by atoms with Crippen LogP contribution in [-0.2, 0) is 22.6 Å². The van der Waals surface area contributed by atoms with Crippen molar-refractivity contribution in [2.45, 2.75) is 108 Å². The molecule has 2 bridgehead atoms. The number of nitrogens with zero attached hydrogens (tertiary/aromatic N) is 8. The fourth-order valence-electron chi connectivity index (χ4n) is 13.5. The fraction of sp³-hybridized carbons (Fsp3) is 0.527. The molecule has 3 amide bonds. The normalized spacial score (nSPS) is 25.3. The minimum absolute atomic E-state index is 0.0224. The Labute approximate surface area is 413 Å². The molecule has 9 heterocycles. The predicted octanol–water partition coefficient (Wildman–Crippen LogP) is 6.18. The molecule has 370 valence electrons. The molecule has 15 nitrogen and oxygen atoms in total. The van der Waals surface area contributed by atoms with Gasteiger partial charge in [-0.3, -0.25) is 29.6 Å². The Morgan fingerprint density at radius 3 is 2.41 bits per heavy atom. The smallest absolute Gasteiger partial charge is 0.319 e. The number of fused-ring (bicyclic) bond motifs is 5. The summed E-state index contributed by atoms with van der Waals surface area (Å²) in [5, 5.41) is 19.2. The predicted molar refractivity (Wildman–Crippen MR) is 268 cm³/mol. The quantitative estimate of drug-likeness (QED) is 0.129. The summed E-state index contributed by atoms with van der Waals surface area (Å²) in [4.78, 5) is 63.8. The summed E-state index contributed by atoms with van der Waals surface area (Å²) in [6.45, 7) is 11.9. The topological polar surface area (TPSA) is 160 Å². The minimum atomic E-state index is -0.600. The Morgan fingerprint density at radius 1 is 0.873 bits per heavy atom. The zero-order chi connectivity index (χ0) is 48.2. The number of aromatic hydroxyl groups is 1. The molecule has 13 rings (SSSR count). The fourth-order valence-corrected chi connectivity index (χ4v) is 13.5. The Balaban J connectivity index is 0.637. The van der Waals surface area contributed by atoms with Crippen molar-refractivity contribution < 1.29 is 28.6 Å². The van der Waals surface area contributed by atoms with E-state index in [2.05, 4.69) is 49.3 Å². The summed E-state index contributed by atoms with van der Waals surface area (Å²) in [5.74, 6) is -0.585. The molecule has 8 aliphatic rings. The number of phenols is 1. The molecule has 16 heteroatoms. The van der Waals surface area contributed by atoms with Gasteiger partial charge in [0, 0.05) is 105 Å². The summed E-state index contributed by atoms with van der Waals surface area (Å²) < 4.78 is 23.8. The monoisotopic (exact) mass is 962 g/mol. The van der Waals surface area contributed by atoms with Crippen molar-refractivity contribution in [2.75, 3.05) is 75.3 Å². The molecule has 0 radical (unpaired) electrons. The van der Waals surface area contributed by atoms with E-state index in [0.717, 1.165) is 144 Å². The van der Waals surface area contributed by atoms with Gasteiger partial charge in [0.15, 0.2) is 5.82 Å². The maximum atomic E-state index is 17.2. The van der Waals surface area contributed by atoms with Gasteiger partial charge in [0.05, 0.1) is 12.0 Å². The van der Waals surface area contributed by atoms with Crippen molar-refractivity contribution in [1.82, 2.24) is 40.3 Å². The molecule has 1 saturated carbocycles. The van der Waals surface area contributed by atoms with Crippen LogP contribution in [0.25, 0.3) is 32.9 Å². The minimum Gasteiger partial charge on any atom is -0.508 e. The van der Waals surface area contributed by atoms with Crippen molar-refractivity contribution >= 4 is 50.9 Å². The number of benzene rings is 3. The average Bonchev–Trinajstić information content (AvgIpc) is 3.94. The molecule has 7 aliphatic heterocycles. The molecule has 5 aromatic rings. The Morgan fingerprint density at radius 2 is 1.66 bits per heavy atom. The third-order valence-electron chi connectivity index (χ3n) is 17.7. The molecule has 3 N–H and O–H groups in total. The zero-order valence-corrected chi connectivity index (χ0v) is 40.6. The van der Waals surface area contributed by atoms with Gasteiger partial charge in [-0.15, -0.1) is 0 Å². The molecule has 2 aromatic heterocycles. The van der Waals surface area contributed by atoms with Crippen molar-refractivity contribution in [3.05, 3.63) is 77.2 Å². The highest BCUT2D eigenvalue weighted by atomic mass is 19.1. The summed E-state index contributed by atoms with van der Waals surface area (Å²) >= 11 is 0. The van der Waals surface area contributed by atoms with Gasteiger partial charge in [0.1, 0.15) is 28.8 Å². The molecular weight excluding hydrogens is 900 g/mol. The number of halogens is 1. The number of aromatic nitrogens is 3. The van der Waals surface area contributed by atoms with Crippen molar-refractivity contribution in [3.8, 4) is 23.0 Å². The van der Waals surface area contributed by atoms with Crippen LogP contribution in [0.2, 0.25) is 0 Å². The van der Waals surface area contributed by atoms with E-state index in [1.54, 1.807) is 23.2 Å². The second-order valence-corrected chi connectivity index (χ2v) is 22.3. The van der Waals surface area contributed by atoms with E-state index in [1.807, 2.05) is 24.3 Å². The van der Waals surface area contributed by atoms with E-state index in [1.165, 1.54) is 0 Å². The number of likely N-dealkylation sites (tertiary alicyclic amines) is 2. The Bertz CT molecular complexity index is 2970. The van der Waals surface area contributed by atoms with Crippen molar-refractivity contribution in [2.24, 2.45) is 10.8 Å². The first-order valence-corrected chi connectivity index (χ1v) is 26.2. The second kappa shape index (κ2) is 17.4. The molecule has 71 heavy (non-hydrogen) atoms. The van der Waals surface area contributed by atoms with Gasteiger partial charge in [-0.2, -0.15) is 9.97 Å². The van der Waals surface area contributed by atoms with Gasteiger partial charge < -0.3 is 34.8 Å². The summed E-state index contributed by atoms with van der Waals surface area (Å²) in [6, 6.07) is 16.3. The van der Waals surface area contributed by atoms with Gasteiger partial charge in [-0.25, -0.2) is 4.39 Å². The van der Waals surface area contributed by atoms with E-state index in [-0.39, 0.29) is 52.5 Å². The van der Waals surface area contributed by atoms with E-state index < -0.39 is 11.9 Å². The second-order valence-electron chi connectivity index (χ2n) is 22.3. The lowest BCUT2D eigenvalue weighted by Gasteiger charge is -2.57. The molecule has 3 unspecified atom stereocenters. The first kappa shape index (κ1) is 44.9. The average molecular weight is 963 g/mol. The van der Waals surface area contributed by atoms with Gasteiger partial charge in [-0.05, 0) is 135 Å². The lowest BCUT2D eigenvalue weighted by atomic mass is 9.70. The highest BCUT2D eigenvalue weighted by Crippen LogP contribution is 2.48. The number of carbonyl (C=O) groups is 3. The van der Waals surface area contributed by atoms with Crippen LogP contribution >= 0.6 is 0 Å². The highest BCUT2D eigenvalue weighted by Gasteiger charge is 2.49. The van der Waals surface area contributed by atoms with E-state index in [4.69, 9.17) is 19.7 Å². The Kier molecular flexibility index (Phi) is 11.0. The number of ether oxygens (including phenoxy) is 1. The maximum absolute atomic E-state index is 17.2. The SMILES string of the molecule is CCc1cccc2cc(O)cc(-c3ncc4c(N5CC6CCC(C5)N6)nc(OCC5(CN6CCC(N7CC8(CCN(c9ccc%10c(c9)CN(C9CCC(=O)NC9=O)C%10=O)CC8)C7)CC6)CC5)nc4c3F)c12. The lowest BCUT2D eigenvalue weighted by Crippen LogP contribution is -2.64. The van der Waals surface area contributed by atoms with Gasteiger partial charge in [-0.1, -0.05) is 25.1 Å². The maximum Gasteiger partial charge on any atom is 0.319 e. The van der Waals surface area contributed by atoms with Gasteiger partial charge in [0.25, 0.3) is 5.91 Å². The van der Waals surface area contributed by atoms with E-state index in [0.29, 0.717) is 65.4 Å². The van der Waals surface area contributed by atoms with Gasteiger partial charge >= 0.3 is 6.01 Å². The zero-order valence-electron chi connectivity index (χ0n) is 40.6. The Hall–Kier alpha value is -5.97. The molecule has 6 saturated heterocycles. The number of aryl methyl sites for hydroxylation is 1. The number of phenolic OH excluding ortho intramolecular Hbond substituents is 1. The van der Waals surface area contributed by atoms with Gasteiger partial charge in [0.2, 0.25) is 11.8 Å². The van der Waals surface area contributed by atoms with Crippen LogP contribution in [0.4, 0.5) is 15.9 Å². The number of hydrogen-bond donors (Lipinski definition) is 3. The molecule has 1 spiro atoms. The number of imide groups is 1. The number of piperidine rings is 3. The van der Waals surface area contributed by atoms with Crippen LogP contribution in [0.15, 0.2) is 54.7 Å². The van der Waals surface area contributed by atoms with Crippen LogP contribution in [0.3, 0.4) is 0 Å². The summed E-state index contributed by atoms with van der Waals surface area (Å²) in [7, 11) is 0. The van der Waals surface area contributed by atoms with Crippen molar-refractivity contribution in [1.29, 1.82) is 0 Å². The van der Waals surface area contributed by atoms with Crippen molar-refractivity contribution in [3.63, 3.8) is 0 Å². The molecule has 3 atom stereocenters. The van der Waals surface area contributed by atoms with E-state index in [9.17, 15) is 19.5 Å². The first-order chi connectivity index (χ1) is 34.5. The number of pyridine rings is 1. The number of hydrogen-bond acceptors (Lipinski definition) is 13. The van der Waals surface area contributed by atoms with Crippen LogP contribution in [0.1, 0.15) is 92.6 Å².